The molecule has 1 aliphatic heterocycles. The number of amidine groups is 1. The van der Waals surface area contributed by atoms with Gasteiger partial charge in [-0.1, -0.05) is 18.5 Å². The highest BCUT2D eigenvalue weighted by atomic mass is 35.5. The number of urea groups is 1. The van der Waals surface area contributed by atoms with Gasteiger partial charge in [-0.15, -0.1) is 0 Å². The third-order valence-corrected chi connectivity index (χ3v) is 6.53. The Kier molecular flexibility index (Phi) is 10.6. The number of nitrogens with one attached hydrogen (secondary N) is 2. The first-order valence-corrected chi connectivity index (χ1v) is 13.3. The van der Waals surface area contributed by atoms with Crippen LogP contribution in [0.5, 0.6) is 5.75 Å². The van der Waals surface area contributed by atoms with Crippen LogP contribution < -0.4 is 16.8 Å². The standard InChI is InChI=1S/C28H33ClF3N7O2/c1-2-3-25(34)38-14-12-22(24(17-38)37-20-8-6-19(29)7-9-20)23(33)16-36-27(41)39(15-13-28(30,31)32)26(35)18-4-10-21(40)11-5-18/h3-11,35,40H,2,12-17,33-34H2,1H3,(H,36,41)/b23-22-,25-3-,35-26?,37-24?. The summed E-state index contributed by atoms with van der Waals surface area (Å²) in [4.78, 5) is 20.4. The molecule has 0 aromatic heterocycles. The van der Waals surface area contributed by atoms with E-state index in [0.29, 0.717) is 52.2 Å². The van der Waals surface area contributed by atoms with E-state index in [9.17, 15) is 23.1 Å². The normalized spacial score (nSPS) is 16.5. The average Bonchev–Trinajstić information content (AvgIpc) is 2.92. The van der Waals surface area contributed by atoms with Gasteiger partial charge < -0.3 is 26.8 Å². The van der Waals surface area contributed by atoms with Gasteiger partial charge >= 0.3 is 12.2 Å². The van der Waals surface area contributed by atoms with Crippen LogP contribution in [0.4, 0.5) is 23.7 Å². The van der Waals surface area contributed by atoms with E-state index < -0.39 is 31.0 Å². The molecule has 1 fully saturated rings. The predicted molar refractivity (Wildman–Crippen MR) is 154 cm³/mol. The summed E-state index contributed by atoms with van der Waals surface area (Å²) in [6.07, 6.45) is -2.72. The SMILES string of the molecule is CC/C=C(/N)N1CC/C(=C(/N)CNC(=O)N(CCC(F)(F)F)C(=N)c2ccc(O)cc2)C(=Nc2ccc(Cl)cc2)C1. The number of phenolic OH excluding ortho intramolecular Hbond substituents is 1. The van der Waals surface area contributed by atoms with Crippen molar-refractivity contribution in [2.75, 3.05) is 26.2 Å². The van der Waals surface area contributed by atoms with Gasteiger partial charge in [0.1, 0.15) is 11.6 Å². The Morgan fingerprint density at radius 2 is 1.85 bits per heavy atom. The van der Waals surface area contributed by atoms with Gasteiger partial charge in [0.25, 0.3) is 0 Å². The summed E-state index contributed by atoms with van der Waals surface area (Å²) in [5, 5.41) is 21.0. The van der Waals surface area contributed by atoms with Crippen molar-refractivity contribution < 1.29 is 23.1 Å². The fraction of sp³-hybridized carbons (Fsp3) is 0.321. The summed E-state index contributed by atoms with van der Waals surface area (Å²) in [6.45, 7) is 1.93. The minimum absolute atomic E-state index is 0.0821. The lowest BCUT2D eigenvalue weighted by molar-refractivity contribution is -0.135. The number of rotatable bonds is 8. The van der Waals surface area contributed by atoms with E-state index in [1.807, 2.05) is 17.9 Å². The topological polar surface area (TPSA) is 144 Å². The third kappa shape index (κ3) is 9.17. The van der Waals surface area contributed by atoms with Crippen LogP contribution in [0.1, 0.15) is 31.7 Å². The first kappa shape index (κ1) is 31.3. The van der Waals surface area contributed by atoms with Crippen molar-refractivity contribution >= 4 is 34.9 Å². The number of piperidine rings is 1. The number of halogens is 4. The van der Waals surface area contributed by atoms with Crippen molar-refractivity contribution in [2.24, 2.45) is 16.5 Å². The highest BCUT2D eigenvalue weighted by Crippen LogP contribution is 2.24. The molecule has 3 rings (SSSR count). The zero-order valence-corrected chi connectivity index (χ0v) is 23.3. The monoisotopic (exact) mass is 591 g/mol. The van der Waals surface area contributed by atoms with Gasteiger partial charge in [0.2, 0.25) is 0 Å². The second kappa shape index (κ2) is 13.9. The van der Waals surface area contributed by atoms with Gasteiger partial charge in [0, 0.05) is 29.4 Å². The summed E-state index contributed by atoms with van der Waals surface area (Å²) in [5.41, 5.74) is 15.0. The Balaban J connectivity index is 1.84. The van der Waals surface area contributed by atoms with Gasteiger partial charge in [-0.2, -0.15) is 13.2 Å². The number of aliphatic imine (C=N–C) groups is 1. The van der Waals surface area contributed by atoms with E-state index in [4.69, 9.17) is 33.5 Å². The quantitative estimate of drug-likeness (QED) is 0.211. The van der Waals surface area contributed by atoms with E-state index in [0.717, 1.165) is 6.42 Å². The fourth-order valence-corrected chi connectivity index (χ4v) is 4.25. The second-order valence-corrected chi connectivity index (χ2v) is 9.75. The van der Waals surface area contributed by atoms with Crippen LogP contribution in [-0.4, -0.2) is 64.8 Å². The molecule has 0 radical (unpaired) electrons. The molecule has 0 atom stereocenters. The lowest BCUT2D eigenvalue weighted by Gasteiger charge is -2.32. The van der Waals surface area contributed by atoms with Crippen molar-refractivity contribution in [2.45, 2.75) is 32.4 Å². The van der Waals surface area contributed by atoms with Gasteiger partial charge in [-0.3, -0.25) is 15.3 Å². The lowest BCUT2D eigenvalue weighted by atomic mass is 9.99. The van der Waals surface area contributed by atoms with Crippen molar-refractivity contribution in [3.05, 3.63) is 82.3 Å². The highest BCUT2D eigenvalue weighted by molar-refractivity contribution is 6.30. The van der Waals surface area contributed by atoms with Crippen molar-refractivity contribution in [1.82, 2.24) is 15.1 Å². The zero-order valence-electron chi connectivity index (χ0n) is 22.5. The molecule has 0 saturated carbocycles. The molecular formula is C28H33ClF3N7O2. The molecule has 7 N–H and O–H groups in total. The first-order chi connectivity index (χ1) is 19.4. The maximum absolute atomic E-state index is 13.1. The molecule has 2 amide bonds. The molecular weight excluding hydrogens is 559 g/mol. The molecule has 41 heavy (non-hydrogen) atoms. The second-order valence-electron chi connectivity index (χ2n) is 9.32. The number of nitrogens with zero attached hydrogens (tertiary/aromatic N) is 3. The zero-order chi connectivity index (χ0) is 30.2. The molecule has 0 bridgehead atoms. The van der Waals surface area contributed by atoms with E-state index in [2.05, 4.69) is 5.32 Å². The number of aromatic hydroxyl groups is 1. The molecule has 1 aliphatic rings. The minimum atomic E-state index is -4.54. The van der Waals surface area contributed by atoms with Crippen molar-refractivity contribution in [1.29, 1.82) is 5.41 Å². The van der Waals surface area contributed by atoms with Gasteiger partial charge in [0.05, 0.1) is 36.7 Å². The molecule has 9 nitrogen and oxygen atoms in total. The smallest absolute Gasteiger partial charge is 0.390 e. The summed E-state index contributed by atoms with van der Waals surface area (Å²) in [5.74, 6) is 0.0750. The molecule has 2 aromatic rings. The largest absolute Gasteiger partial charge is 0.508 e. The van der Waals surface area contributed by atoms with Crippen molar-refractivity contribution in [3.8, 4) is 5.75 Å². The third-order valence-electron chi connectivity index (χ3n) is 6.28. The summed E-state index contributed by atoms with van der Waals surface area (Å²) < 4.78 is 39.0. The summed E-state index contributed by atoms with van der Waals surface area (Å²) in [7, 11) is 0. The van der Waals surface area contributed by atoms with E-state index in [1.54, 1.807) is 24.3 Å². The van der Waals surface area contributed by atoms with E-state index in [-0.39, 0.29) is 23.6 Å². The number of phenols is 1. The van der Waals surface area contributed by atoms with Crippen LogP contribution >= 0.6 is 11.6 Å². The van der Waals surface area contributed by atoms with Crippen LogP contribution in [0.25, 0.3) is 0 Å². The molecule has 1 heterocycles. The number of alkyl halides is 3. The average molecular weight is 592 g/mol. The minimum Gasteiger partial charge on any atom is -0.508 e. The van der Waals surface area contributed by atoms with Gasteiger partial charge in [-0.25, -0.2) is 4.79 Å². The Bertz CT molecular complexity index is 1320. The number of allylic oxidation sites excluding steroid dienone is 1. The molecule has 2 aromatic carbocycles. The molecule has 13 heteroatoms. The maximum atomic E-state index is 13.1. The Morgan fingerprint density at radius 3 is 2.46 bits per heavy atom. The molecule has 1 saturated heterocycles. The molecule has 0 spiro atoms. The number of carbonyl (C=O) groups is 1. The lowest BCUT2D eigenvalue weighted by Crippen LogP contribution is -2.46. The van der Waals surface area contributed by atoms with Gasteiger partial charge in [0.15, 0.2) is 0 Å². The summed E-state index contributed by atoms with van der Waals surface area (Å²) in [6, 6.07) is 11.2. The predicted octanol–water partition coefficient (Wildman–Crippen LogP) is 5.24. The molecule has 220 valence electrons. The first-order valence-electron chi connectivity index (χ1n) is 12.9. The Morgan fingerprint density at radius 1 is 1.20 bits per heavy atom. The van der Waals surface area contributed by atoms with Crippen LogP contribution in [0.3, 0.4) is 0 Å². The number of carbonyl (C=O) groups excluding carboxylic acids is 1. The molecule has 0 unspecified atom stereocenters. The maximum Gasteiger partial charge on any atom is 0.390 e. The van der Waals surface area contributed by atoms with E-state index >= 15 is 0 Å². The van der Waals surface area contributed by atoms with Gasteiger partial charge in [-0.05, 0) is 73.0 Å². The number of benzene rings is 2. The summed E-state index contributed by atoms with van der Waals surface area (Å²) >= 11 is 6.00. The van der Waals surface area contributed by atoms with Crippen molar-refractivity contribution in [3.63, 3.8) is 0 Å². The Labute approximate surface area is 241 Å². The Hall–Kier alpha value is -4.19. The number of hydrogen-bond donors (Lipinski definition) is 5. The van der Waals surface area contributed by atoms with Crippen LogP contribution in [0.2, 0.25) is 5.02 Å². The van der Waals surface area contributed by atoms with E-state index in [1.165, 1.54) is 24.3 Å². The fourth-order valence-electron chi connectivity index (χ4n) is 4.13. The number of amides is 2. The highest BCUT2D eigenvalue weighted by Gasteiger charge is 2.31. The molecule has 0 aliphatic carbocycles. The van der Waals surface area contributed by atoms with Crippen LogP contribution in [0.15, 0.2) is 76.7 Å². The van der Waals surface area contributed by atoms with Crippen LogP contribution in [-0.2, 0) is 0 Å². The van der Waals surface area contributed by atoms with Crippen LogP contribution in [0, 0.1) is 5.41 Å². The number of hydrogen-bond acceptors (Lipinski definition) is 7. The number of likely N-dealkylation sites (tertiary alicyclic amines) is 1. The number of nitrogens with two attached hydrogens (primary N) is 2.